The van der Waals surface area contributed by atoms with Crippen molar-refractivity contribution in [3.05, 3.63) is 66.2 Å². The van der Waals surface area contributed by atoms with E-state index in [2.05, 4.69) is 6.07 Å². The Bertz CT molecular complexity index is 1280. The predicted molar refractivity (Wildman–Crippen MR) is 91.2 cm³/mol. The highest BCUT2D eigenvalue weighted by Gasteiger charge is 2.17. The van der Waals surface area contributed by atoms with Gasteiger partial charge in [0.15, 0.2) is 0 Å². The van der Waals surface area contributed by atoms with Crippen LogP contribution in [0.5, 0.6) is 0 Å². The van der Waals surface area contributed by atoms with Gasteiger partial charge in [0.25, 0.3) is 0 Å². The van der Waals surface area contributed by atoms with Crippen molar-refractivity contribution in [2.45, 2.75) is 0 Å². The van der Waals surface area contributed by atoms with Crippen molar-refractivity contribution in [1.29, 1.82) is 5.26 Å². The van der Waals surface area contributed by atoms with E-state index in [0.717, 1.165) is 38.0 Å². The Labute approximate surface area is 131 Å². The molecule has 5 aromatic rings. The normalized spacial score (nSPS) is 11.4. The minimum absolute atomic E-state index is 0.520. The van der Waals surface area contributed by atoms with Crippen LogP contribution >= 0.6 is 0 Å². The molecule has 0 atom stereocenters. The van der Waals surface area contributed by atoms with Crippen LogP contribution in [0, 0.1) is 11.3 Å². The Kier molecular flexibility index (Phi) is 2.29. The van der Waals surface area contributed by atoms with Gasteiger partial charge in [-0.25, -0.2) is 4.98 Å². The van der Waals surface area contributed by atoms with Crippen molar-refractivity contribution in [3.63, 3.8) is 0 Å². The summed E-state index contributed by atoms with van der Waals surface area (Å²) < 4.78 is 5.89. The summed E-state index contributed by atoms with van der Waals surface area (Å²) in [5, 5.41) is 14.5. The third kappa shape index (κ3) is 1.55. The van der Waals surface area contributed by atoms with Gasteiger partial charge < -0.3 is 4.42 Å². The first-order valence-electron chi connectivity index (χ1n) is 7.39. The molecule has 23 heavy (non-hydrogen) atoms. The molecule has 3 nitrogen and oxygen atoms in total. The van der Waals surface area contributed by atoms with Crippen LogP contribution in [0.15, 0.2) is 65.1 Å². The zero-order valence-electron chi connectivity index (χ0n) is 12.1. The van der Waals surface area contributed by atoms with Crippen molar-refractivity contribution >= 4 is 43.7 Å². The van der Waals surface area contributed by atoms with Crippen LogP contribution in [0.4, 0.5) is 0 Å². The quantitative estimate of drug-likeness (QED) is 0.371. The molecule has 3 heteroatoms. The van der Waals surface area contributed by atoms with E-state index < -0.39 is 0 Å². The lowest BCUT2D eigenvalue weighted by atomic mass is 10.00. The monoisotopic (exact) mass is 294 g/mol. The maximum atomic E-state index is 9.76. The van der Waals surface area contributed by atoms with Crippen LogP contribution in [0.3, 0.4) is 0 Å². The lowest BCUT2D eigenvalue weighted by Gasteiger charge is -2.05. The molecule has 0 aliphatic heterocycles. The first-order chi connectivity index (χ1) is 11.4. The van der Waals surface area contributed by atoms with Crippen LogP contribution in [0.1, 0.15) is 5.56 Å². The number of fused-ring (bicyclic) bond motifs is 6. The summed E-state index contributed by atoms with van der Waals surface area (Å²) in [5.74, 6) is 0. The van der Waals surface area contributed by atoms with Crippen molar-refractivity contribution in [2.24, 2.45) is 0 Å². The molecule has 0 aliphatic rings. The molecule has 0 bridgehead atoms. The second kappa shape index (κ2) is 4.31. The fourth-order valence-corrected chi connectivity index (χ4v) is 3.28. The van der Waals surface area contributed by atoms with Gasteiger partial charge in [0.2, 0.25) is 5.71 Å². The maximum absolute atomic E-state index is 9.76. The molecular weight excluding hydrogens is 284 g/mol. The Morgan fingerprint density at radius 1 is 0.826 bits per heavy atom. The molecular formula is C20H10N2O. The molecule has 2 aromatic heterocycles. The lowest BCUT2D eigenvalue weighted by Crippen LogP contribution is -1.88. The number of pyridine rings is 1. The van der Waals surface area contributed by atoms with Gasteiger partial charge in [-0.2, -0.15) is 5.26 Å². The van der Waals surface area contributed by atoms with Crippen molar-refractivity contribution in [1.82, 2.24) is 4.98 Å². The molecule has 0 radical (unpaired) electrons. The number of rotatable bonds is 0. The summed E-state index contributed by atoms with van der Waals surface area (Å²) in [7, 11) is 0. The maximum Gasteiger partial charge on any atom is 0.229 e. The summed E-state index contributed by atoms with van der Waals surface area (Å²) in [6, 6.07) is 22.2. The van der Waals surface area contributed by atoms with Crippen LogP contribution < -0.4 is 0 Å². The van der Waals surface area contributed by atoms with E-state index in [1.54, 1.807) is 0 Å². The van der Waals surface area contributed by atoms with Gasteiger partial charge in [0.1, 0.15) is 11.7 Å². The highest BCUT2D eigenvalue weighted by atomic mass is 16.3. The molecule has 3 aromatic carbocycles. The van der Waals surface area contributed by atoms with E-state index in [0.29, 0.717) is 11.3 Å². The van der Waals surface area contributed by atoms with E-state index in [4.69, 9.17) is 9.40 Å². The average molecular weight is 294 g/mol. The number of hydrogen-bond acceptors (Lipinski definition) is 3. The topological polar surface area (TPSA) is 49.8 Å². The van der Waals surface area contributed by atoms with Crippen molar-refractivity contribution < 1.29 is 4.42 Å². The molecule has 5 rings (SSSR count). The Hall–Kier alpha value is -3.38. The molecule has 0 unspecified atom stereocenters. The van der Waals surface area contributed by atoms with E-state index in [1.807, 2.05) is 60.7 Å². The minimum Gasteiger partial charge on any atom is -0.438 e. The summed E-state index contributed by atoms with van der Waals surface area (Å²) in [4.78, 5) is 4.73. The fourth-order valence-electron chi connectivity index (χ4n) is 3.28. The smallest absolute Gasteiger partial charge is 0.229 e. The zero-order valence-corrected chi connectivity index (χ0v) is 12.1. The van der Waals surface area contributed by atoms with Gasteiger partial charge in [-0.05, 0) is 11.5 Å². The Morgan fingerprint density at radius 3 is 2.48 bits per heavy atom. The molecule has 0 fully saturated rings. The zero-order chi connectivity index (χ0) is 15.4. The molecule has 0 saturated heterocycles. The van der Waals surface area contributed by atoms with Gasteiger partial charge in [0.05, 0.1) is 16.5 Å². The van der Waals surface area contributed by atoms with Gasteiger partial charge >= 0.3 is 0 Å². The number of para-hydroxylation sites is 1. The first kappa shape index (κ1) is 12.2. The summed E-state index contributed by atoms with van der Waals surface area (Å²) in [5.41, 5.74) is 2.71. The Morgan fingerprint density at radius 2 is 1.61 bits per heavy atom. The fraction of sp³-hybridized carbons (Fsp3) is 0. The number of nitrogens with zero attached hydrogens (tertiary/aromatic N) is 2. The molecule has 0 saturated carbocycles. The number of aromatic nitrogens is 1. The van der Waals surface area contributed by atoms with Crippen LogP contribution in [0.25, 0.3) is 43.7 Å². The van der Waals surface area contributed by atoms with Crippen LogP contribution in [-0.4, -0.2) is 4.98 Å². The SMILES string of the molecule is N#Cc1c2ccc3ccccc3c2nc2oc3ccccc3c12. The van der Waals surface area contributed by atoms with E-state index >= 15 is 0 Å². The highest BCUT2D eigenvalue weighted by Crippen LogP contribution is 2.35. The third-order valence-electron chi connectivity index (χ3n) is 4.32. The largest absolute Gasteiger partial charge is 0.438 e. The highest BCUT2D eigenvalue weighted by molar-refractivity contribution is 6.16. The summed E-state index contributed by atoms with van der Waals surface area (Å²) in [6.45, 7) is 0. The molecule has 0 amide bonds. The third-order valence-corrected chi connectivity index (χ3v) is 4.32. The van der Waals surface area contributed by atoms with Crippen LogP contribution in [-0.2, 0) is 0 Å². The molecule has 0 N–H and O–H groups in total. The van der Waals surface area contributed by atoms with Crippen molar-refractivity contribution in [2.75, 3.05) is 0 Å². The van der Waals surface area contributed by atoms with Gasteiger partial charge in [0, 0.05) is 16.2 Å². The lowest BCUT2D eigenvalue weighted by molar-refractivity contribution is 0.656. The second-order valence-corrected chi connectivity index (χ2v) is 5.56. The summed E-state index contributed by atoms with van der Waals surface area (Å²) in [6.07, 6.45) is 0. The van der Waals surface area contributed by atoms with Gasteiger partial charge in [-0.1, -0.05) is 54.6 Å². The van der Waals surface area contributed by atoms with E-state index in [1.165, 1.54) is 0 Å². The second-order valence-electron chi connectivity index (χ2n) is 5.56. The van der Waals surface area contributed by atoms with Gasteiger partial charge in [-0.15, -0.1) is 0 Å². The number of hydrogen-bond donors (Lipinski definition) is 0. The van der Waals surface area contributed by atoms with E-state index in [9.17, 15) is 5.26 Å². The molecule has 0 aliphatic carbocycles. The number of nitriles is 1. The number of benzene rings is 3. The standard InChI is InChI=1S/C20H10N2O/c21-11-16-14-10-9-12-5-1-2-6-13(12)19(14)22-20-18(16)15-7-3-4-8-17(15)23-20/h1-10H. The molecule has 106 valence electrons. The molecule has 0 spiro atoms. The summed E-state index contributed by atoms with van der Waals surface area (Å²) >= 11 is 0. The average Bonchev–Trinajstić information content (AvgIpc) is 2.98. The van der Waals surface area contributed by atoms with Crippen molar-refractivity contribution in [3.8, 4) is 6.07 Å². The van der Waals surface area contributed by atoms with Crippen LogP contribution in [0.2, 0.25) is 0 Å². The minimum atomic E-state index is 0.520. The first-order valence-corrected chi connectivity index (χ1v) is 7.39. The number of furan rings is 1. The van der Waals surface area contributed by atoms with Gasteiger partial charge in [-0.3, -0.25) is 0 Å². The predicted octanol–water partition coefficient (Wildman–Crippen LogP) is 5.16. The Balaban J connectivity index is 2.12. The molecule has 2 heterocycles. The van der Waals surface area contributed by atoms with E-state index in [-0.39, 0.29) is 0 Å².